The van der Waals surface area contributed by atoms with Gasteiger partial charge in [0.25, 0.3) is 0 Å². The Balaban J connectivity index is 2.21. The molecule has 1 atom stereocenters. The molecule has 0 spiro atoms. The van der Waals surface area contributed by atoms with Crippen LogP contribution in [0, 0.1) is 6.92 Å². The smallest absolute Gasteiger partial charge is 0.248 e. The van der Waals surface area contributed by atoms with Crippen LogP contribution < -0.4 is 14.8 Å². The Morgan fingerprint density at radius 2 is 1.95 bits per heavy atom. The predicted molar refractivity (Wildman–Crippen MR) is 79.9 cm³/mol. The highest BCUT2D eigenvalue weighted by Gasteiger charge is 2.17. The highest BCUT2D eigenvalue weighted by atomic mass is 16.5. The Hall–Kier alpha value is -2.50. The first-order valence-electron chi connectivity index (χ1n) is 6.59. The molecule has 1 heterocycles. The molecule has 0 bridgehead atoms. The molecule has 0 fully saturated rings. The molecule has 112 valence electrons. The molecule has 2 aromatic rings. The fourth-order valence-electron chi connectivity index (χ4n) is 1.98. The van der Waals surface area contributed by atoms with Crippen molar-refractivity contribution in [3.63, 3.8) is 0 Å². The number of nitrogens with zero attached hydrogens (tertiary/aromatic N) is 2. The molecular weight excluding hydrogens is 270 g/mol. The number of carbonyl (C=O) groups is 1. The summed E-state index contributed by atoms with van der Waals surface area (Å²) in [6.45, 7) is 3.69. The van der Waals surface area contributed by atoms with E-state index < -0.39 is 6.04 Å². The first-order valence-corrected chi connectivity index (χ1v) is 6.59. The standard InChI is InChI=1S/C15H19N3O3/c1-10-8-13(20-3)14(21-4)9-12(10)17-15(19)11(2)18-7-5-6-16-18/h5-9,11H,1-4H3,(H,17,19). The molecule has 1 amide bonds. The summed E-state index contributed by atoms with van der Waals surface area (Å²) in [5.74, 6) is 1.06. The van der Waals surface area contributed by atoms with Crippen LogP contribution in [-0.4, -0.2) is 29.9 Å². The summed E-state index contributed by atoms with van der Waals surface area (Å²) in [7, 11) is 3.14. The fourth-order valence-corrected chi connectivity index (χ4v) is 1.98. The molecule has 1 aromatic carbocycles. The Labute approximate surface area is 123 Å². The molecule has 1 unspecified atom stereocenters. The van der Waals surface area contributed by atoms with Gasteiger partial charge in [-0.1, -0.05) is 0 Å². The van der Waals surface area contributed by atoms with Gasteiger partial charge >= 0.3 is 0 Å². The van der Waals surface area contributed by atoms with Gasteiger partial charge in [0.05, 0.1) is 14.2 Å². The molecule has 0 radical (unpaired) electrons. The second-order valence-electron chi connectivity index (χ2n) is 4.67. The van der Waals surface area contributed by atoms with E-state index in [1.807, 2.05) is 13.0 Å². The topological polar surface area (TPSA) is 65.4 Å². The zero-order chi connectivity index (χ0) is 15.4. The summed E-state index contributed by atoms with van der Waals surface area (Å²) in [6.07, 6.45) is 3.40. The lowest BCUT2D eigenvalue weighted by Gasteiger charge is -2.16. The number of carbonyl (C=O) groups excluding carboxylic acids is 1. The molecule has 0 aliphatic heterocycles. The second kappa shape index (κ2) is 6.30. The number of hydrogen-bond donors (Lipinski definition) is 1. The SMILES string of the molecule is COc1cc(C)c(NC(=O)C(C)n2cccn2)cc1OC. The Morgan fingerprint density at radius 1 is 1.29 bits per heavy atom. The van der Waals surface area contributed by atoms with Crippen LogP contribution >= 0.6 is 0 Å². The summed E-state index contributed by atoms with van der Waals surface area (Å²) < 4.78 is 12.1. The quantitative estimate of drug-likeness (QED) is 0.918. The lowest BCUT2D eigenvalue weighted by molar-refractivity contribution is -0.119. The van der Waals surface area contributed by atoms with Gasteiger partial charge in [0.15, 0.2) is 11.5 Å². The Morgan fingerprint density at radius 3 is 2.52 bits per heavy atom. The van der Waals surface area contributed by atoms with Crippen molar-refractivity contribution in [1.29, 1.82) is 0 Å². The summed E-state index contributed by atoms with van der Waals surface area (Å²) in [6, 6.07) is 4.97. The van der Waals surface area contributed by atoms with Gasteiger partial charge in [0.2, 0.25) is 5.91 Å². The first kappa shape index (κ1) is 14.9. The van der Waals surface area contributed by atoms with E-state index in [-0.39, 0.29) is 5.91 Å². The number of methoxy groups -OCH3 is 2. The zero-order valence-electron chi connectivity index (χ0n) is 12.6. The summed E-state index contributed by atoms with van der Waals surface area (Å²) >= 11 is 0. The van der Waals surface area contributed by atoms with Crippen LogP contribution in [0.4, 0.5) is 5.69 Å². The summed E-state index contributed by atoms with van der Waals surface area (Å²) in [5.41, 5.74) is 1.59. The van der Waals surface area contributed by atoms with Gasteiger partial charge in [-0.2, -0.15) is 5.10 Å². The van der Waals surface area contributed by atoms with Crippen molar-refractivity contribution < 1.29 is 14.3 Å². The number of aryl methyl sites for hydroxylation is 1. The molecule has 2 rings (SSSR count). The van der Waals surface area contributed by atoms with Gasteiger partial charge in [-0.3, -0.25) is 9.48 Å². The first-order chi connectivity index (χ1) is 10.1. The van der Waals surface area contributed by atoms with Crippen LogP contribution in [-0.2, 0) is 4.79 Å². The normalized spacial score (nSPS) is 11.8. The molecule has 1 N–H and O–H groups in total. The number of ether oxygens (including phenoxy) is 2. The maximum Gasteiger partial charge on any atom is 0.248 e. The fraction of sp³-hybridized carbons (Fsp3) is 0.333. The van der Waals surface area contributed by atoms with Gasteiger partial charge in [-0.05, 0) is 31.5 Å². The van der Waals surface area contributed by atoms with E-state index in [0.29, 0.717) is 17.2 Å². The number of nitrogens with one attached hydrogen (secondary N) is 1. The minimum absolute atomic E-state index is 0.144. The number of rotatable bonds is 5. The van der Waals surface area contributed by atoms with Crippen molar-refractivity contribution >= 4 is 11.6 Å². The van der Waals surface area contributed by atoms with E-state index in [2.05, 4.69) is 10.4 Å². The van der Waals surface area contributed by atoms with Crippen molar-refractivity contribution in [3.8, 4) is 11.5 Å². The molecule has 0 aliphatic rings. The molecule has 6 nitrogen and oxygen atoms in total. The van der Waals surface area contributed by atoms with Gasteiger partial charge < -0.3 is 14.8 Å². The van der Waals surface area contributed by atoms with Crippen molar-refractivity contribution in [2.75, 3.05) is 19.5 Å². The molecule has 6 heteroatoms. The van der Waals surface area contributed by atoms with E-state index in [1.165, 1.54) is 0 Å². The number of aromatic nitrogens is 2. The van der Waals surface area contributed by atoms with E-state index >= 15 is 0 Å². The van der Waals surface area contributed by atoms with Crippen LogP contribution in [0.1, 0.15) is 18.5 Å². The molecule has 0 saturated carbocycles. The van der Waals surface area contributed by atoms with Crippen molar-refractivity contribution in [2.24, 2.45) is 0 Å². The molecule has 0 aliphatic carbocycles. The molecule has 1 aromatic heterocycles. The predicted octanol–water partition coefficient (Wildman–Crippen LogP) is 2.41. The van der Waals surface area contributed by atoms with Crippen LogP contribution in [0.15, 0.2) is 30.6 Å². The van der Waals surface area contributed by atoms with Crippen molar-refractivity contribution in [3.05, 3.63) is 36.2 Å². The third kappa shape index (κ3) is 3.16. The minimum atomic E-state index is -0.396. The monoisotopic (exact) mass is 289 g/mol. The number of hydrogen-bond acceptors (Lipinski definition) is 4. The lowest BCUT2D eigenvalue weighted by atomic mass is 10.1. The average molecular weight is 289 g/mol. The minimum Gasteiger partial charge on any atom is -0.493 e. The zero-order valence-corrected chi connectivity index (χ0v) is 12.6. The molecular formula is C15H19N3O3. The molecule has 0 saturated heterocycles. The van der Waals surface area contributed by atoms with Crippen molar-refractivity contribution in [2.45, 2.75) is 19.9 Å². The van der Waals surface area contributed by atoms with E-state index in [0.717, 1.165) is 5.56 Å². The maximum absolute atomic E-state index is 12.3. The maximum atomic E-state index is 12.3. The largest absolute Gasteiger partial charge is 0.493 e. The van der Waals surface area contributed by atoms with Crippen LogP contribution in [0.3, 0.4) is 0 Å². The highest BCUT2D eigenvalue weighted by Crippen LogP contribution is 2.33. The van der Waals surface area contributed by atoms with Gasteiger partial charge in [0, 0.05) is 24.1 Å². The Bertz CT molecular complexity index is 623. The van der Waals surface area contributed by atoms with Crippen LogP contribution in [0.25, 0.3) is 0 Å². The lowest BCUT2D eigenvalue weighted by Crippen LogP contribution is -2.24. The van der Waals surface area contributed by atoms with E-state index in [4.69, 9.17) is 9.47 Å². The highest BCUT2D eigenvalue weighted by molar-refractivity contribution is 5.94. The van der Waals surface area contributed by atoms with E-state index in [9.17, 15) is 4.79 Å². The van der Waals surface area contributed by atoms with Crippen molar-refractivity contribution in [1.82, 2.24) is 9.78 Å². The molecule has 21 heavy (non-hydrogen) atoms. The number of benzene rings is 1. The van der Waals surface area contributed by atoms with Crippen LogP contribution in [0.2, 0.25) is 0 Å². The van der Waals surface area contributed by atoms with Crippen LogP contribution in [0.5, 0.6) is 11.5 Å². The third-order valence-electron chi connectivity index (χ3n) is 3.29. The third-order valence-corrected chi connectivity index (χ3v) is 3.29. The average Bonchev–Trinajstić information content (AvgIpc) is 3.02. The number of anilines is 1. The number of amides is 1. The summed E-state index contributed by atoms with van der Waals surface area (Å²) in [4.78, 5) is 12.3. The second-order valence-corrected chi connectivity index (χ2v) is 4.67. The van der Waals surface area contributed by atoms with Gasteiger partial charge in [-0.15, -0.1) is 0 Å². The van der Waals surface area contributed by atoms with Gasteiger partial charge in [-0.25, -0.2) is 0 Å². The van der Waals surface area contributed by atoms with Gasteiger partial charge in [0.1, 0.15) is 6.04 Å². The Kier molecular flexibility index (Phi) is 4.47. The summed E-state index contributed by atoms with van der Waals surface area (Å²) in [5, 5.41) is 6.96. The van der Waals surface area contributed by atoms with E-state index in [1.54, 1.807) is 50.4 Å².